The number of amides is 1. The Hall–Kier alpha value is -1.73. The minimum Gasteiger partial charge on any atom is -0.388 e. The summed E-state index contributed by atoms with van der Waals surface area (Å²) >= 11 is 5.66. The Labute approximate surface area is 126 Å². The molecule has 0 atom stereocenters. The summed E-state index contributed by atoms with van der Waals surface area (Å²) in [6.07, 6.45) is 5.36. The molecule has 7 nitrogen and oxygen atoms in total. The van der Waals surface area contributed by atoms with Gasteiger partial charge in [0.2, 0.25) is 5.15 Å². The average Bonchev–Trinajstić information content (AvgIpc) is 2.45. The third-order valence-electron chi connectivity index (χ3n) is 3.67. The van der Waals surface area contributed by atoms with Crippen molar-refractivity contribution in [3.8, 4) is 0 Å². The third-order valence-corrected chi connectivity index (χ3v) is 3.95. The van der Waals surface area contributed by atoms with Crippen LogP contribution < -0.4 is 5.32 Å². The molecular weight excluding hydrogens is 298 g/mol. The van der Waals surface area contributed by atoms with Crippen LogP contribution in [-0.2, 0) is 0 Å². The monoisotopic (exact) mass is 313 g/mol. The summed E-state index contributed by atoms with van der Waals surface area (Å²) in [7, 11) is 0. The van der Waals surface area contributed by atoms with Gasteiger partial charge in [-0.2, -0.15) is 0 Å². The van der Waals surface area contributed by atoms with Gasteiger partial charge in [0.15, 0.2) is 0 Å². The molecule has 0 unspecified atom stereocenters. The van der Waals surface area contributed by atoms with Crippen LogP contribution in [0.2, 0.25) is 5.15 Å². The molecular formula is C13H16ClN3O4. The molecule has 114 valence electrons. The first-order valence-electron chi connectivity index (χ1n) is 6.72. The summed E-state index contributed by atoms with van der Waals surface area (Å²) in [5.74, 6) is -0.634. The van der Waals surface area contributed by atoms with Crippen molar-refractivity contribution < 1.29 is 14.8 Å². The van der Waals surface area contributed by atoms with Crippen molar-refractivity contribution in [1.29, 1.82) is 0 Å². The number of halogens is 1. The van der Waals surface area contributed by atoms with Gasteiger partial charge in [0.1, 0.15) is 5.56 Å². The molecule has 1 heterocycles. The van der Waals surface area contributed by atoms with Crippen LogP contribution >= 0.6 is 11.6 Å². The molecule has 1 saturated carbocycles. The standard InChI is InChI=1S/C13H16ClN3O4/c14-11-10(17(20)21)9(4-7-15-11)12(18)16-8-13(19)5-2-1-3-6-13/h4,7,19H,1-3,5-6,8H2,(H,16,18). The van der Waals surface area contributed by atoms with Gasteiger partial charge in [-0.05, 0) is 18.9 Å². The van der Waals surface area contributed by atoms with Crippen molar-refractivity contribution >= 4 is 23.2 Å². The van der Waals surface area contributed by atoms with E-state index < -0.39 is 22.1 Å². The minimum absolute atomic E-state index is 0.0724. The lowest BCUT2D eigenvalue weighted by atomic mass is 9.85. The summed E-state index contributed by atoms with van der Waals surface area (Å²) < 4.78 is 0. The Morgan fingerprint density at radius 3 is 2.76 bits per heavy atom. The fraction of sp³-hybridized carbons (Fsp3) is 0.538. The molecule has 0 spiro atoms. The van der Waals surface area contributed by atoms with Crippen molar-refractivity contribution in [1.82, 2.24) is 10.3 Å². The number of rotatable bonds is 4. The number of nitro groups is 1. The number of aliphatic hydroxyl groups is 1. The second-order valence-corrected chi connectivity index (χ2v) is 5.58. The molecule has 0 radical (unpaired) electrons. The van der Waals surface area contributed by atoms with Crippen molar-refractivity contribution in [3.05, 3.63) is 33.1 Å². The van der Waals surface area contributed by atoms with Gasteiger partial charge in [0, 0.05) is 12.7 Å². The predicted octanol–water partition coefficient (Wildman–Crippen LogP) is 2.07. The third kappa shape index (κ3) is 3.68. The zero-order valence-electron chi connectivity index (χ0n) is 11.3. The fourth-order valence-corrected chi connectivity index (χ4v) is 2.74. The van der Waals surface area contributed by atoms with E-state index in [-0.39, 0.29) is 17.3 Å². The summed E-state index contributed by atoms with van der Waals surface area (Å²) in [5, 5.41) is 23.5. The zero-order valence-corrected chi connectivity index (χ0v) is 12.1. The summed E-state index contributed by atoms with van der Waals surface area (Å²) in [6, 6.07) is 1.24. The lowest BCUT2D eigenvalue weighted by Gasteiger charge is -2.32. The maximum atomic E-state index is 12.1. The van der Waals surface area contributed by atoms with Crippen molar-refractivity contribution in [2.45, 2.75) is 37.7 Å². The second-order valence-electron chi connectivity index (χ2n) is 5.22. The van der Waals surface area contributed by atoms with Gasteiger partial charge in [-0.25, -0.2) is 4.98 Å². The van der Waals surface area contributed by atoms with Crippen LogP contribution in [0.25, 0.3) is 0 Å². The number of hydrogen-bond acceptors (Lipinski definition) is 5. The first kappa shape index (κ1) is 15.7. The molecule has 1 fully saturated rings. The molecule has 21 heavy (non-hydrogen) atoms. The van der Waals surface area contributed by atoms with Crippen LogP contribution in [0.4, 0.5) is 5.69 Å². The number of hydrogen-bond donors (Lipinski definition) is 2. The zero-order chi connectivity index (χ0) is 15.5. The quantitative estimate of drug-likeness (QED) is 0.503. The Kier molecular flexibility index (Phi) is 4.74. The Morgan fingerprint density at radius 2 is 2.14 bits per heavy atom. The van der Waals surface area contributed by atoms with Gasteiger partial charge in [-0.15, -0.1) is 0 Å². The van der Waals surface area contributed by atoms with E-state index in [9.17, 15) is 20.0 Å². The van der Waals surface area contributed by atoms with E-state index in [4.69, 9.17) is 11.6 Å². The molecule has 2 rings (SSSR count). The molecule has 1 aromatic rings. The smallest absolute Gasteiger partial charge is 0.319 e. The normalized spacial score (nSPS) is 17.2. The molecule has 0 bridgehead atoms. The van der Waals surface area contributed by atoms with Crippen molar-refractivity contribution in [3.63, 3.8) is 0 Å². The number of nitrogens with zero attached hydrogens (tertiary/aromatic N) is 2. The summed E-state index contributed by atoms with van der Waals surface area (Å²) in [6.45, 7) is 0.0724. The van der Waals surface area contributed by atoms with Gasteiger partial charge >= 0.3 is 5.69 Å². The van der Waals surface area contributed by atoms with Gasteiger partial charge in [0.05, 0.1) is 10.5 Å². The minimum atomic E-state index is -0.931. The first-order chi connectivity index (χ1) is 9.93. The Morgan fingerprint density at radius 1 is 1.48 bits per heavy atom. The summed E-state index contributed by atoms with van der Waals surface area (Å²) in [4.78, 5) is 25.9. The van der Waals surface area contributed by atoms with E-state index in [1.807, 2.05) is 0 Å². The highest BCUT2D eigenvalue weighted by atomic mass is 35.5. The van der Waals surface area contributed by atoms with Crippen molar-refractivity contribution in [2.24, 2.45) is 0 Å². The van der Waals surface area contributed by atoms with Gasteiger partial charge < -0.3 is 10.4 Å². The number of carbonyl (C=O) groups is 1. The second kappa shape index (κ2) is 6.36. The molecule has 0 aromatic carbocycles. The maximum absolute atomic E-state index is 12.1. The van der Waals surface area contributed by atoms with Gasteiger partial charge in [0.25, 0.3) is 5.91 Å². The van der Waals surface area contributed by atoms with E-state index in [2.05, 4.69) is 10.3 Å². The molecule has 1 amide bonds. The predicted molar refractivity (Wildman–Crippen MR) is 76.3 cm³/mol. The average molecular weight is 314 g/mol. The highest BCUT2D eigenvalue weighted by Crippen LogP contribution is 2.28. The highest BCUT2D eigenvalue weighted by Gasteiger charge is 2.31. The molecule has 8 heteroatoms. The molecule has 2 N–H and O–H groups in total. The maximum Gasteiger partial charge on any atom is 0.319 e. The van der Waals surface area contributed by atoms with E-state index in [0.29, 0.717) is 12.8 Å². The van der Waals surface area contributed by atoms with E-state index in [1.165, 1.54) is 12.3 Å². The molecule has 1 aliphatic carbocycles. The van der Waals surface area contributed by atoms with Crippen LogP contribution in [0.3, 0.4) is 0 Å². The van der Waals surface area contributed by atoms with Gasteiger partial charge in [-0.3, -0.25) is 14.9 Å². The van der Waals surface area contributed by atoms with Crippen LogP contribution in [-0.4, -0.2) is 33.1 Å². The number of aromatic nitrogens is 1. The number of carbonyl (C=O) groups excluding carboxylic acids is 1. The van der Waals surface area contributed by atoms with E-state index in [0.717, 1.165) is 19.3 Å². The van der Waals surface area contributed by atoms with Crippen LogP contribution in [0.1, 0.15) is 42.5 Å². The van der Waals surface area contributed by atoms with Crippen LogP contribution in [0.15, 0.2) is 12.3 Å². The number of pyridine rings is 1. The van der Waals surface area contributed by atoms with Gasteiger partial charge in [-0.1, -0.05) is 30.9 Å². The lowest BCUT2D eigenvalue weighted by molar-refractivity contribution is -0.385. The van der Waals surface area contributed by atoms with E-state index in [1.54, 1.807) is 0 Å². The molecule has 0 aliphatic heterocycles. The van der Waals surface area contributed by atoms with Crippen LogP contribution in [0, 0.1) is 10.1 Å². The molecule has 1 aliphatic rings. The first-order valence-corrected chi connectivity index (χ1v) is 7.10. The largest absolute Gasteiger partial charge is 0.388 e. The fourth-order valence-electron chi connectivity index (χ4n) is 2.51. The Bertz CT molecular complexity index is 558. The lowest BCUT2D eigenvalue weighted by Crippen LogP contribution is -2.44. The van der Waals surface area contributed by atoms with Crippen molar-refractivity contribution in [2.75, 3.05) is 6.54 Å². The topological polar surface area (TPSA) is 105 Å². The molecule has 0 saturated heterocycles. The highest BCUT2D eigenvalue weighted by molar-refractivity contribution is 6.32. The molecule has 1 aromatic heterocycles. The van der Waals surface area contributed by atoms with E-state index >= 15 is 0 Å². The summed E-state index contributed by atoms with van der Waals surface area (Å²) in [5.41, 5.74) is -1.61. The SMILES string of the molecule is O=C(NCC1(O)CCCCC1)c1ccnc(Cl)c1[N+](=O)[O-]. The number of nitrogens with one attached hydrogen (secondary N) is 1. The Balaban J connectivity index is 2.10. The van der Waals surface area contributed by atoms with Crippen LogP contribution in [0.5, 0.6) is 0 Å².